The fourth-order valence-electron chi connectivity index (χ4n) is 2.42. The number of nitrogens with one attached hydrogen (secondary N) is 2. The fourth-order valence-corrected chi connectivity index (χ4v) is 2.61. The van der Waals surface area contributed by atoms with Gasteiger partial charge in [-0.1, -0.05) is 35.9 Å². The zero-order valence-corrected chi connectivity index (χ0v) is 13.4. The Morgan fingerprint density at radius 3 is 2.67 bits per heavy atom. The molecule has 3 aromatic rings. The van der Waals surface area contributed by atoms with Gasteiger partial charge in [-0.05, 0) is 30.7 Å². The van der Waals surface area contributed by atoms with Crippen molar-refractivity contribution in [3.8, 4) is 0 Å². The number of hydrogen-bond acceptors (Lipinski definition) is 3. The number of aromatic nitrogens is 2. The van der Waals surface area contributed by atoms with Crippen molar-refractivity contribution in [1.82, 2.24) is 15.5 Å². The van der Waals surface area contributed by atoms with Gasteiger partial charge in [-0.15, -0.1) is 0 Å². The van der Waals surface area contributed by atoms with Gasteiger partial charge in [0.05, 0.1) is 16.5 Å². The van der Waals surface area contributed by atoms with Crippen LogP contribution >= 0.6 is 11.6 Å². The number of aromatic amines is 1. The molecule has 0 bridgehead atoms. The summed E-state index contributed by atoms with van der Waals surface area (Å²) in [5.41, 5.74) is 0.411. The Balaban J connectivity index is 1.91. The maximum absolute atomic E-state index is 13.2. The van der Waals surface area contributed by atoms with Gasteiger partial charge in [0.15, 0.2) is 5.69 Å². The second-order valence-corrected chi connectivity index (χ2v) is 5.72. The van der Waals surface area contributed by atoms with Gasteiger partial charge >= 0.3 is 0 Å². The highest BCUT2D eigenvalue weighted by Gasteiger charge is 2.17. The molecule has 122 valence electrons. The van der Waals surface area contributed by atoms with Crippen molar-refractivity contribution in [1.29, 1.82) is 0 Å². The first-order valence-electron chi connectivity index (χ1n) is 7.20. The molecule has 0 fully saturated rings. The molecule has 3 rings (SSSR count). The Kier molecular flexibility index (Phi) is 4.31. The quantitative estimate of drug-likeness (QED) is 0.765. The van der Waals surface area contributed by atoms with Crippen LogP contribution in [0.3, 0.4) is 0 Å². The van der Waals surface area contributed by atoms with E-state index in [1.807, 2.05) is 0 Å². The summed E-state index contributed by atoms with van der Waals surface area (Å²) in [6.07, 6.45) is 0. The lowest BCUT2D eigenvalue weighted by molar-refractivity contribution is 0.0935. The van der Waals surface area contributed by atoms with Crippen molar-refractivity contribution in [3.63, 3.8) is 0 Å². The lowest BCUT2D eigenvalue weighted by atomic mass is 10.1. The summed E-state index contributed by atoms with van der Waals surface area (Å²) in [6, 6.07) is 10.6. The Hall–Kier alpha value is -2.73. The molecule has 1 atom stereocenters. The molecule has 7 heteroatoms. The summed E-state index contributed by atoms with van der Waals surface area (Å²) in [4.78, 5) is 24.3. The third-order valence-electron chi connectivity index (χ3n) is 3.70. The maximum atomic E-state index is 13.2. The highest BCUT2D eigenvalue weighted by molar-refractivity contribution is 6.30. The van der Waals surface area contributed by atoms with E-state index in [1.165, 1.54) is 12.1 Å². The van der Waals surface area contributed by atoms with E-state index in [-0.39, 0.29) is 16.3 Å². The molecule has 5 nitrogen and oxygen atoms in total. The molecule has 2 aromatic carbocycles. The Morgan fingerprint density at radius 1 is 1.25 bits per heavy atom. The molecule has 24 heavy (non-hydrogen) atoms. The summed E-state index contributed by atoms with van der Waals surface area (Å²) in [7, 11) is 0. The molecule has 0 saturated carbocycles. The molecule has 0 saturated heterocycles. The van der Waals surface area contributed by atoms with Crippen molar-refractivity contribution in [2.45, 2.75) is 13.0 Å². The molecule has 0 radical (unpaired) electrons. The van der Waals surface area contributed by atoms with Crippen LogP contribution in [0.15, 0.2) is 47.3 Å². The number of benzene rings is 2. The topological polar surface area (TPSA) is 74.8 Å². The first-order chi connectivity index (χ1) is 11.5. The van der Waals surface area contributed by atoms with Crippen LogP contribution < -0.4 is 10.9 Å². The van der Waals surface area contributed by atoms with Gasteiger partial charge in [-0.2, -0.15) is 5.10 Å². The van der Waals surface area contributed by atoms with Crippen LogP contribution in [-0.2, 0) is 0 Å². The third-order valence-corrected chi connectivity index (χ3v) is 3.99. The van der Waals surface area contributed by atoms with Crippen molar-refractivity contribution < 1.29 is 9.18 Å². The van der Waals surface area contributed by atoms with Gasteiger partial charge in [0.25, 0.3) is 11.5 Å². The number of amides is 1. The number of carbonyl (C=O) groups is 1. The molecule has 1 aromatic heterocycles. The third kappa shape index (κ3) is 3.00. The molecule has 0 aliphatic carbocycles. The SMILES string of the molecule is CC(NC(=O)c1n[nH]c(=O)c2ccccc12)c1ccc(F)c(Cl)c1. The van der Waals surface area contributed by atoms with Gasteiger partial charge < -0.3 is 5.32 Å². The van der Waals surface area contributed by atoms with Gasteiger partial charge in [-0.3, -0.25) is 9.59 Å². The van der Waals surface area contributed by atoms with E-state index >= 15 is 0 Å². The van der Waals surface area contributed by atoms with E-state index in [0.717, 1.165) is 0 Å². The number of hydrogen-bond donors (Lipinski definition) is 2. The maximum Gasteiger partial charge on any atom is 0.272 e. The summed E-state index contributed by atoms with van der Waals surface area (Å²) in [5.74, 6) is -0.970. The minimum atomic E-state index is -0.521. The summed E-state index contributed by atoms with van der Waals surface area (Å²) >= 11 is 5.77. The molecular weight excluding hydrogens is 333 g/mol. The van der Waals surface area contributed by atoms with Crippen molar-refractivity contribution in [3.05, 3.63) is 74.9 Å². The second kappa shape index (κ2) is 6.41. The zero-order chi connectivity index (χ0) is 17.3. The monoisotopic (exact) mass is 345 g/mol. The molecule has 0 aliphatic heterocycles. The van der Waals surface area contributed by atoms with E-state index in [2.05, 4.69) is 15.5 Å². The average molecular weight is 346 g/mol. The van der Waals surface area contributed by atoms with Crippen LogP contribution in [0.4, 0.5) is 4.39 Å². The summed E-state index contributed by atoms with van der Waals surface area (Å²) < 4.78 is 13.2. The normalized spacial score (nSPS) is 12.1. The standard InChI is InChI=1S/C17H13ClFN3O2/c1-9(10-6-7-14(19)13(18)8-10)20-17(24)15-11-4-2-3-5-12(11)16(23)22-21-15/h2-9H,1H3,(H,20,24)(H,22,23). The van der Waals surface area contributed by atoms with Crippen molar-refractivity contribution in [2.24, 2.45) is 0 Å². The largest absolute Gasteiger partial charge is 0.344 e. The van der Waals surface area contributed by atoms with Crippen LogP contribution in [0.25, 0.3) is 10.8 Å². The van der Waals surface area contributed by atoms with E-state index in [9.17, 15) is 14.0 Å². The fraction of sp³-hybridized carbons (Fsp3) is 0.118. The Morgan fingerprint density at radius 2 is 1.96 bits per heavy atom. The first kappa shape index (κ1) is 16.1. The van der Waals surface area contributed by atoms with Crippen molar-refractivity contribution in [2.75, 3.05) is 0 Å². The number of rotatable bonds is 3. The number of carbonyl (C=O) groups excluding carboxylic acids is 1. The molecule has 0 spiro atoms. The van der Waals surface area contributed by atoms with Crippen LogP contribution in [-0.4, -0.2) is 16.1 Å². The van der Waals surface area contributed by atoms with Gasteiger partial charge in [-0.25, -0.2) is 9.49 Å². The molecule has 1 amide bonds. The minimum absolute atomic E-state index is 0.0128. The molecular formula is C17H13ClFN3O2. The molecule has 1 unspecified atom stereocenters. The Labute approximate surface area is 141 Å². The summed E-state index contributed by atoms with van der Waals surface area (Å²) in [5, 5.41) is 9.76. The van der Waals surface area contributed by atoms with Crippen LogP contribution in [0.5, 0.6) is 0 Å². The van der Waals surface area contributed by atoms with Gasteiger partial charge in [0.1, 0.15) is 5.82 Å². The van der Waals surface area contributed by atoms with E-state index in [0.29, 0.717) is 16.3 Å². The Bertz CT molecular complexity index is 987. The number of fused-ring (bicyclic) bond motifs is 1. The van der Waals surface area contributed by atoms with Crippen molar-refractivity contribution >= 4 is 28.3 Å². The minimum Gasteiger partial charge on any atom is -0.344 e. The van der Waals surface area contributed by atoms with Gasteiger partial charge in [0.2, 0.25) is 0 Å². The lowest BCUT2D eigenvalue weighted by Gasteiger charge is -2.15. The first-order valence-corrected chi connectivity index (χ1v) is 7.58. The zero-order valence-electron chi connectivity index (χ0n) is 12.6. The van der Waals surface area contributed by atoms with Gasteiger partial charge in [0, 0.05) is 5.39 Å². The second-order valence-electron chi connectivity index (χ2n) is 5.32. The lowest BCUT2D eigenvalue weighted by Crippen LogP contribution is -2.29. The molecule has 2 N–H and O–H groups in total. The summed E-state index contributed by atoms with van der Waals surface area (Å²) in [6.45, 7) is 1.75. The predicted molar refractivity (Wildman–Crippen MR) is 89.7 cm³/mol. The van der Waals surface area contributed by atoms with Crippen LogP contribution in [0.2, 0.25) is 5.02 Å². The molecule has 1 heterocycles. The average Bonchev–Trinajstić information content (AvgIpc) is 2.57. The van der Waals surface area contributed by atoms with E-state index < -0.39 is 17.8 Å². The highest BCUT2D eigenvalue weighted by atomic mass is 35.5. The highest BCUT2D eigenvalue weighted by Crippen LogP contribution is 2.21. The van der Waals surface area contributed by atoms with E-state index in [4.69, 9.17) is 11.6 Å². The smallest absolute Gasteiger partial charge is 0.272 e. The van der Waals surface area contributed by atoms with E-state index in [1.54, 1.807) is 37.3 Å². The van der Waals surface area contributed by atoms with Crippen LogP contribution in [0.1, 0.15) is 29.0 Å². The predicted octanol–water partition coefficient (Wildman–Crippen LogP) is 3.21. The number of H-pyrrole nitrogens is 1. The number of nitrogens with zero attached hydrogens (tertiary/aromatic N) is 1. The number of halogens is 2. The van der Waals surface area contributed by atoms with Crippen LogP contribution in [0, 0.1) is 5.82 Å². The molecule has 0 aliphatic rings.